The van der Waals surface area contributed by atoms with Crippen molar-refractivity contribution in [2.75, 3.05) is 45.6 Å². The first-order valence-electron chi connectivity index (χ1n) is 6.49. The summed E-state index contributed by atoms with van der Waals surface area (Å²) in [5.74, 6) is -2.11. The molecule has 0 spiro atoms. The molecule has 20 heavy (non-hydrogen) atoms. The normalized spacial score (nSPS) is 20.9. The van der Waals surface area contributed by atoms with Gasteiger partial charge in [0, 0.05) is 38.4 Å². The minimum absolute atomic E-state index is 0.00785. The van der Waals surface area contributed by atoms with Crippen LogP contribution in [0, 0.1) is 5.82 Å². The quantitative estimate of drug-likeness (QED) is 0.842. The van der Waals surface area contributed by atoms with E-state index in [-0.39, 0.29) is 17.4 Å². The maximum Gasteiger partial charge on any atom is 0.338 e. The molecule has 1 saturated heterocycles. The Kier molecular flexibility index (Phi) is 4.51. The molecule has 2 heterocycles. The molecule has 1 aromatic rings. The largest absolute Gasteiger partial charge is 0.478 e. The standard InChI is InChI=1S/C13H19FN4O2/c1-17-5-6-18(2)9(8-17)7-16-12-11(14)10(13(19)20)3-4-15-12/h3-4,9H,5-8H2,1-2H3,(H,15,16)(H,19,20). The van der Waals surface area contributed by atoms with Crippen LogP contribution in [0.5, 0.6) is 0 Å². The van der Waals surface area contributed by atoms with Gasteiger partial charge in [-0.2, -0.15) is 0 Å². The van der Waals surface area contributed by atoms with E-state index in [4.69, 9.17) is 5.11 Å². The van der Waals surface area contributed by atoms with E-state index in [1.807, 2.05) is 14.1 Å². The van der Waals surface area contributed by atoms with E-state index in [9.17, 15) is 9.18 Å². The number of carboxylic acids is 1. The van der Waals surface area contributed by atoms with Gasteiger partial charge in [0.05, 0.1) is 0 Å². The Bertz CT molecular complexity index is 497. The Labute approximate surface area is 117 Å². The Morgan fingerprint density at radius 2 is 2.30 bits per heavy atom. The van der Waals surface area contributed by atoms with E-state index in [1.165, 1.54) is 6.20 Å². The van der Waals surface area contributed by atoms with Gasteiger partial charge in [-0.15, -0.1) is 0 Å². The minimum Gasteiger partial charge on any atom is -0.478 e. The zero-order valence-electron chi connectivity index (χ0n) is 11.6. The van der Waals surface area contributed by atoms with Crippen molar-refractivity contribution in [2.24, 2.45) is 0 Å². The zero-order valence-corrected chi connectivity index (χ0v) is 11.6. The van der Waals surface area contributed by atoms with Crippen molar-refractivity contribution >= 4 is 11.8 Å². The lowest BCUT2D eigenvalue weighted by molar-refractivity contribution is 0.0692. The lowest BCUT2D eigenvalue weighted by Crippen LogP contribution is -2.52. The summed E-state index contributed by atoms with van der Waals surface area (Å²) in [4.78, 5) is 19.1. The molecule has 1 atom stereocenters. The number of aromatic carboxylic acids is 1. The van der Waals surface area contributed by atoms with Gasteiger partial charge in [0.15, 0.2) is 11.6 Å². The van der Waals surface area contributed by atoms with E-state index in [0.29, 0.717) is 6.54 Å². The third-order valence-electron chi connectivity index (χ3n) is 3.60. The Hall–Kier alpha value is -1.73. The first-order chi connectivity index (χ1) is 9.49. The van der Waals surface area contributed by atoms with Crippen LogP contribution in [0.3, 0.4) is 0 Å². The van der Waals surface area contributed by atoms with E-state index >= 15 is 0 Å². The summed E-state index contributed by atoms with van der Waals surface area (Å²) in [5, 5.41) is 11.8. The molecule has 0 bridgehead atoms. The van der Waals surface area contributed by atoms with Crippen molar-refractivity contribution in [3.05, 3.63) is 23.6 Å². The highest BCUT2D eigenvalue weighted by atomic mass is 19.1. The number of hydrogen-bond acceptors (Lipinski definition) is 5. The van der Waals surface area contributed by atoms with Crippen LogP contribution in [0.1, 0.15) is 10.4 Å². The van der Waals surface area contributed by atoms with Crippen LogP contribution in [0.4, 0.5) is 10.2 Å². The number of piperazine rings is 1. The molecule has 0 saturated carbocycles. The van der Waals surface area contributed by atoms with Gasteiger partial charge in [-0.05, 0) is 20.2 Å². The summed E-state index contributed by atoms with van der Waals surface area (Å²) in [5.41, 5.74) is -0.364. The van der Waals surface area contributed by atoms with Crippen molar-refractivity contribution in [1.82, 2.24) is 14.8 Å². The molecule has 7 heteroatoms. The first-order valence-corrected chi connectivity index (χ1v) is 6.49. The lowest BCUT2D eigenvalue weighted by atomic mass is 10.2. The number of rotatable bonds is 4. The van der Waals surface area contributed by atoms with Gasteiger partial charge in [0.2, 0.25) is 0 Å². The average Bonchev–Trinajstić information content (AvgIpc) is 2.41. The maximum atomic E-state index is 13.9. The number of anilines is 1. The fraction of sp³-hybridized carbons (Fsp3) is 0.538. The van der Waals surface area contributed by atoms with Crippen LogP contribution >= 0.6 is 0 Å². The number of likely N-dealkylation sites (N-methyl/N-ethyl adjacent to an activating group) is 2. The average molecular weight is 282 g/mol. The minimum atomic E-state index is -1.29. The molecular formula is C13H19FN4O2. The molecule has 0 aliphatic carbocycles. The fourth-order valence-corrected chi connectivity index (χ4v) is 2.27. The summed E-state index contributed by atoms with van der Waals surface area (Å²) in [6.07, 6.45) is 1.30. The van der Waals surface area contributed by atoms with Gasteiger partial charge in [0.1, 0.15) is 5.56 Å². The molecule has 6 nitrogen and oxygen atoms in total. The van der Waals surface area contributed by atoms with Crippen molar-refractivity contribution in [2.45, 2.75) is 6.04 Å². The van der Waals surface area contributed by atoms with Crippen LogP contribution in [0.15, 0.2) is 12.3 Å². The Balaban J connectivity index is 2.03. The molecule has 110 valence electrons. The molecule has 0 aromatic carbocycles. The summed E-state index contributed by atoms with van der Waals surface area (Å²) in [6.45, 7) is 3.36. The van der Waals surface area contributed by atoms with Crippen LogP contribution in [-0.4, -0.2) is 72.2 Å². The molecular weight excluding hydrogens is 263 g/mol. The third kappa shape index (κ3) is 3.23. The van der Waals surface area contributed by atoms with Gasteiger partial charge < -0.3 is 15.3 Å². The van der Waals surface area contributed by atoms with Crippen LogP contribution < -0.4 is 5.32 Å². The van der Waals surface area contributed by atoms with E-state index in [2.05, 4.69) is 20.1 Å². The predicted molar refractivity (Wildman–Crippen MR) is 73.6 cm³/mol. The number of carboxylic acid groups (broad SMARTS) is 1. The van der Waals surface area contributed by atoms with Gasteiger partial charge in [0.25, 0.3) is 0 Å². The second-order valence-electron chi connectivity index (χ2n) is 5.10. The summed E-state index contributed by atoms with van der Waals surface area (Å²) in [7, 11) is 4.07. The molecule has 2 N–H and O–H groups in total. The van der Waals surface area contributed by atoms with Crippen molar-refractivity contribution in [1.29, 1.82) is 0 Å². The van der Waals surface area contributed by atoms with Crippen molar-refractivity contribution < 1.29 is 14.3 Å². The fourth-order valence-electron chi connectivity index (χ4n) is 2.27. The second-order valence-corrected chi connectivity index (χ2v) is 5.10. The maximum absolute atomic E-state index is 13.9. The van der Waals surface area contributed by atoms with Gasteiger partial charge >= 0.3 is 5.97 Å². The number of halogens is 1. The summed E-state index contributed by atoms with van der Waals surface area (Å²) < 4.78 is 13.9. The number of nitrogens with one attached hydrogen (secondary N) is 1. The first kappa shape index (κ1) is 14.7. The Morgan fingerprint density at radius 3 is 3.00 bits per heavy atom. The molecule has 1 aliphatic rings. The smallest absolute Gasteiger partial charge is 0.338 e. The second kappa shape index (κ2) is 6.15. The van der Waals surface area contributed by atoms with Crippen LogP contribution in [-0.2, 0) is 0 Å². The highest BCUT2D eigenvalue weighted by Crippen LogP contribution is 2.16. The lowest BCUT2D eigenvalue weighted by Gasteiger charge is -2.37. The number of aromatic nitrogens is 1. The van der Waals surface area contributed by atoms with Crippen LogP contribution in [0.25, 0.3) is 0 Å². The SMILES string of the molecule is CN1CCN(C)C(CNc2nccc(C(=O)O)c2F)C1. The summed E-state index contributed by atoms with van der Waals surface area (Å²) in [6, 6.07) is 1.40. The van der Waals surface area contributed by atoms with E-state index in [1.54, 1.807) is 0 Å². The number of carbonyl (C=O) groups is 1. The highest BCUT2D eigenvalue weighted by molar-refractivity contribution is 5.88. The summed E-state index contributed by atoms with van der Waals surface area (Å²) >= 11 is 0. The molecule has 1 fully saturated rings. The van der Waals surface area contributed by atoms with Crippen molar-refractivity contribution in [3.63, 3.8) is 0 Å². The molecule has 2 rings (SSSR count). The van der Waals surface area contributed by atoms with Crippen LogP contribution in [0.2, 0.25) is 0 Å². The predicted octanol–water partition coefficient (Wildman–Crippen LogP) is 0.577. The van der Waals surface area contributed by atoms with E-state index in [0.717, 1.165) is 25.7 Å². The van der Waals surface area contributed by atoms with E-state index < -0.39 is 11.8 Å². The molecule has 0 amide bonds. The number of nitrogens with zero attached hydrogens (tertiary/aromatic N) is 3. The highest BCUT2D eigenvalue weighted by Gasteiger charge is 2.23. The zero-order chi connectivity index (χ0) is 14.7. The molecule has 1 aliphatic heterocycles. The topological polar surface area (TPSA) is 68.7 Å². The van der Waals surface area contributed by atoms with Gasteiger partial charge in [-0.3, -0.25) is 4.90 Å². The number of hydrogen-bond donors (Lipinski definition) is 2. The molecule has 0 radical (unpaired) electrons. The molecule has 1 aromatic heterocycles. The Morgan fingerprint density at radius 1 is 1.55 bits per heavy atom. The van der Waals surface area contributed by atoms with Crippen molar-refractivity contribution in [3.8, 4) is 0 Å². The molecule has 1 unspecified atom stereocenters. The number of pyridine rings is 1. The monoisotopic (exact) mass is 282 g/mol. The third-order valence-corrected chi connectivity index (χ3v) is 3.60. The van der Waals surface area contributed by atoms with Gasteiger partial charge in [-0.1, -0.05) is 0 Å². The van der Waals surface area contributed by atoms with Gasteiger partial charge in [-0.25, -0.2) is 14.2 Å².